The van der Waals surface area contributed by atoms with Gasteiger partial charge in [0.15, 0.2) is 0 Å². The molecule has 1 aliphatic carbocycles. The summed E-state index contributed by atoms with van der Waals surface area (Å²) in [6, 6.07) is 7.36. The number of halogens is 1. The minimum Gasteiger partial charge on any atom is -0.368 e. The number of carbonyl (C=O) groups is 2. The monoisotopic (exact) mass is 306 g/mol. The number of hydrogen-bond donors (Lipinski definition) is 1. The van der Waals surface area contributed by atoms with Crippen LogP contribution in [-0.2, 0) is 9.59 Å². The predicted octanol–water partition coefficient (Wildman–Crippen LogP) is 2.61. The fourth-order valence-electron chi connectivity index (χ4n) is 2.64. The Hall–Kier alpha value is -1.81. The molecule has 1 aliphatic rings. The molecule has 0 atom stereocenters. The van der Waals surface area contributed by atoms with Gasteiger partial charge in [-0.3, -0.25) is 9.59 Å². The molecule has 0 aromatic heterocycles. The molecule has 0 unspecified atom stereocenters. The molecular formula is C16H19ClN2O2. The van der Waals surface area contributed by atoms with Crippen LogP contribution in [0.2, 0.25) is 5.02 Å². The SMILES string of the molecule is NC(=O)CN(C(=O)C=Cc1cccc(Cl)c1)C1CCCC1. The van der Waals surface area contributed by atoms with Crippen molar-refractivity contribution in [3.63, 3.8) is 0 Å². The van der Waals surface area contributed by atoms with E-state index in [2.05, 4.69) is 0 Å². The third kappa shape index (κ3) is 4.60. The van der Waals surface area contributed by atoms with Crippen LogP contribution in [0.3, 0.4) is 0 Å². The number of rotatable bonds is 5. The molecule has 5 heteroatoms. The summed E-state index contributed by atoms with van der Waals surface area (Å²) in [5.74, 6) is -0.660. The van der Waals surface area contributed by atoms with Gasteiger partial charge in [0.2, 0.25) is 11.8 Å². The summed E-state index contributed by atoms with van der Waals surface area (Å²) in [4.78, 5) is 25.1. The van der Waals surface area contributed by atoms with Crippen LogP contribution in [0.4, 0.5) is 0 Å². The second-order valence-corrected chi connectivity index (χ2v) is 5.70. The first-order valence-corrected chi connectivity index (χ1v) is 7.46. The van der Waals surface area contributed by atoms with Crippen LogP contribution in [0, 0.1) is 0 Å². The van der Waals surface area contributed by atoms with Crippen LogP contribution in [0.15, 0.2) is 30.3 Å². The van der Waals surface area contributed by atoms with Crippen LogP contribution in [0.25, 0.3) is 6.08 Å². The zero-order valence-corrected chi connectivity index (χ0v) is 12.6. The molecule has 1 saturated carbocycles. The van der Waals surface area contributed by atoms with Gasteiger partial charge in [-0.2, -0.15) is 0 Å². The van der Waals surface area contributed by atoms with Gasteiger partial charge in [-0.1, -0.05) is 36.6 Å². The van der Waals surface area contributed by atoms with Gasteiger partial charge < -0.3 is 10.6 Å². The summed E-state index contributed by atoms with van der Waals surface area (Å²) >= 11 is 5.90. The quantitative estimate of drug-likeness (QED) is 0.850. The van der Waals surface area contributed by atoms with Crippen molar-refractivity contribution in [3.05, 3.63) is 40.9 Å². The van der Waals surface area contributed by atoms with Crippen LogP contribution in [-0.4, -0.2) is 29.3 Å². The Morgan fingerprint density at radius 1 is 1.33 bits per heavy atom. The summed E-state index contributed by atoms with van der Waals surface area (Å²) in [5.41, 5.74) is 6.10. The second-order valence-electron chi connectivity index (χ2n) is 5.26. The third-order valence-corrected chi connectivity index (χ3v) is 3.88. The van der Waals surface area contributed by atoms with Gasteiger partial charge in [0.1, 0.15) is 0 Å². The van der Waals surface area contributed by atoms with E-state index in [9.17, 15) is 9.59 Å². The lowest BCUT2D eigenvalue weighted by Gasteiger charge is -2.26. The van der Waals surface area contributed by atoms with Crippen molar-refractivity contribution >= 4 is 29.5 Å². The number of carbonyl (C=O) groups excluding carboxylic acids is 2. The van der Waals surface area contributed by atoms with Crippen molar-refractivity contribution in [1.82, 2.24) is 4.90 Å². The van der Waals surface area contributed by atoms with Crippen molar-refractivity contribution in [3.8, 4) is 0 Å². The maximum atomic E-state index is 12.3. The summed E-state index contributed by atoms with van der Waals surface area (Å²) in [7, 11) is 0. The summed E-state index contributed by atoms with van der Waals surface area (Å²) in [6.45, 7) is -0.0244. The lowest BCUT2D eigenvalue weighted by atomic mass is 10.1. The van der Waals surface area contributed by atoms with Crippen molar-refractivity contribution in [2.75, 3.05) is 6.54 Å². The smallest absolute Gasteiger partial charge is 0.247 e. The molecule has 0 saturated heterocycles. The Labute approximate surface area is 129 Å². The number of primary amides is 1. The first kappa shape index (κ1) is 15.6. The molecule has 2 N–H and O–H groups in total. The Kier molecular flexibility index (Phi) is 5.39. The van der Waals surface area contributed by atoms with Gasteiger partial charge in [0, 0.05) is 17.1 Å². The second kappa shape index (κ2) is 7.27. The standard InChI is InChI=1S/C16H19ClN2O2/c17-13-5-3-4-12(10-13)8-9-16(21)19(11-15(18)20)14-6-1-2-7-14/h3-5,8-10,14H,1-2,6-7,11H2,(H2,18,20). The molecule has 0 aliphatic heterocycles. The molecule has 0 bridgehead atoms. The Morgan fingerprint density at radius 3 is 2.67 bits per heavy atom. The first-order chi connectivity index (χ1) is 10.1. The van der Waals surface area contributed by atoms with Crippen LogP contribution < -0.4 is 5.73 Å². The molecule has 1 fully saturated rings. The highest BCUT2D eigenvalue weighted by molar-refractivity contribution is 6.30. The van der Waals surface area contributed by atoms with Gasteiger partial charge in [-0.05, 0) is 36.6 Å². The number of amides is 2. The maximum Gasteiger partial charge on any atom is 0.247 e. The van der Waals surface area contributed by atoms with Crippen molar-refractivity contribution in [2.24, 2.45) is 5.73 Å². The lowest BCUT2D eigenvalue weighted by molar-refractivity contribution is -0.133. The van der Waals surface area contributed by atoms with E-state index >= 15 is 0 Å². The molecule has 21 heavy (non-hydrogen) atoms. The zero-order chi connectivity index (χ0) is 15.2. The van der Waals surface area contributed by atoms with Crippen LogP contribution in [0.1, 0.15) is 31.2 Å². The van der Waals surface area contributed by atoms with Gasteiger partial charge in [0.25, 0.3) is 0 Å². The van der Waals surface area contributed by atoms with E-state index in [-0.39, 0.29) is 18.5 Å². The molecule has 1 aromatic carbocycles. The van der Waals surface area contributed by atoms with E-state index in [0.29, 0.717) is 5.02 Å². The molecule has 1 aromatic rings. The Morgan fingerprint density at radius 2 is 2.05 bits per heavy atom. The van der Waals surface area contributed by atoms with Crippen molar-refractivity contribution in [1.29, 1.82) is 0 Å². The van der Waals surface area contributed by atoms with Gasteiger partial charge in [-0.15, -0.1) is 0 Å². The van der Waals surface area contributed by atoms with Gasteiger partial charge in [-0.25, -0.2) is 0 Å². The third-order valence-electron chi connectivity index (χ3n) is 3.64. The summed E-state index contributed by atoms with van der Waals surface area (Å²) < 4.78 is 0. The highest BCUT2D eigenvalue weighted by Crippen LogP contribution is 2.23. The molecule has 2 amide bonds. The lowest BCUT2D eigenvalue weighted by Crippen LogP contribution is -2.43. The maximum absolute atomic E-state index is 12.3. The van der Waals surface area contributed by atoms with Crippen molar-refractivity contribution < 1.29 is 9.59 Å². The molecule has 0 radical (unpaired) electrons. The Bertz CT molecular complexity index is 551. The first-order valence-electron chi connectivity index (χ1n) is 7.09. The summed E-state index contributed by atoms with van der Waals surface area (Å²) in [5, 5.41) is 0.620. The fraction of sp³-hybridized carbons (Fsp3) is 0.375. The molecule has 0 heterocycles. The normalized spacial score (nSPS) is 15.5. The van der Waals surface area contributed by atoms with E-state index < -0.39 is 5.91 Å². The van der Waals surface area contributed by atoms with E-state index in [1.54, 1.807) is 23.1 Å². The van der Waals surface area contributed by atoms with E-state index in [0.717, 1.165) is 31.2 Å². The highest BCUT2D eigenvalue weighted by atomic mass is 35.5. The van der Waals surface area contributed by atoms with Crippen LogP contribution >= 0.6 is 11.6 Å². The predicted molar refractivity (Wildman–Crippen MR) is 83.6 cm³/mol. The average Bonchev–Trinajstić information content (AvgIpc) is 2.96. The number of nitrogens with zero attached hydrogens (tertiary/aromatic N) is 1. The van der Waals surface area contributed by atoms with Crippen molar-refractivity contribution in [2.45, 2.75) is 31.7 Å². The topological polar surface area (TPSA) is 63.4 Å². The largest absolute Gasteiger partial charge is 0.368 e. The number of hydrogen-bond acceptors (Lipinski definition) is 2. The highest BCUT2D eigenvalue weighted by Gasteiger charge is 2.26. The fourth-order valence-corrected chi connectivity index (χ4v) is 2.84. The van der Waals surface area contributed by atoms with Gasteiger partial charge >= 0.3 is 0 Å². The van der Waals surface area contributed by atoms with Crippen LogP contribution in [0.5, 0.6) is 0 Å². The average molecular weight is 307 g/mol. The summed E-state index contributed by atoms with van der Waals surface area (Å²) in [6.07, 6.45) is 7.23. The number of benzene rings is 1. The zero-order valence-electron chi connectivity index (χ0n) is 11.8. The van der Waals surface area contributed by atoms with Gasteiger partial charge in [0.05, 0.1) is 6.54 Å². The molecule has 112 valence electrons. The van der Waals surface area contributed by atoms with E-state index in [1.165, 1.54) is 6.08 Å². The van der Waals surface area contributed by atoms with E-state index in [1.807, 2.05) is 12.1 Å². The number of nitrogens with two attached hydrogens (primary N) is 1. The molecular weight excluding hydrogens is 288 g/mol. The minimum atomic E-state index is -0.480. The van der Waals surface area contributed by atoms with E-state index in [4.69, 9.17) is 17.3 Å². The minimum absolute atomic E-state index is 0.0244. The molecule has 0 spiro atoms. The Balaban J connectivity index is 2.08. The molecule has 2 rings (SSSR count). The molecule has 4 nitrogen and oxygen atoms in total.